The van der Waals surface area contributed by atoms with Gasteiger partial charge in [-0.05, 0) is 31.9 Å². The minimum atomic E-state index is -0.136. The molecule has 20 heavy (non-hydrogen) atoms. The first-order chi connectivity index (χ1) is 9.65. The number of amides is 2. The Morgan fingerprint density at radius 1 is 1.10 bits per heavy atom. The Morgan fingerprint density at radius 3 is 2.40 bits per heavy atom. The lowest BCUT2D eigenvalue weighted by Gasteiger charge is -2.15. The van der Waals surface area contributed by atoms with E-state index in [1.165, 1.54) is 0 Å². The van der Waals surface area contributed by atoms with E-state index >= 15 is 0 Å². The van der Waals surface area contributed by atoms with Gasteiger partial charge in [-0.1, -0.05) is 17.7 Å². The number of nitrogens with zero attached hydrogens (tertiary/aromatic N) is 1. The Kier molecular flexibility index (Phi) is 5.12. The highest BCUT2D eigenvalue weighted by atomic mass is 16.2. The number of carbonyl (C=O) groups is 2. The summed E-state index contributed by atoms with van der Waals surface area (Å²) in [6, 6.07) is 7.62. The van der Waals surface area contributed by atoms with Crippen molar-refractivity contribution in [2.24, 2.45) is 0 Å². The number of rotatable bonds is 5. The fourth-order valence-electron chi connectivity index (χ4n) is 2.20. The molecule has 0 aliphatic carbocycles. The standard InChI is InChI=1S/C15H21N3O2/c1-12-4-6-13(7-5-12)17-14(19)10-16-11-15(20)18-8-2-3-9-18/h4-7,16H,2-3,8-11H2,1H3,(H,17,19). The van der Waals surface area contributed by atoms with E-state index in [9.17, 15) is 9.59 Å². The number of hydrogen-bond acceptors (Lipinski definition) is 3. The third-order valence-corrected chi connectivity index (χ3v) is 3.36. The average Bonchev–Trinajstić information content (AvgIpc) is 2.95. The molecule has 2 N–H and O–H groups in total. The molecule has 2 amide bonds. The Bertz CT molecular complexity index is 465. The largest absolute Gasteiger partial charge is 0.342 e. The van der Waals surface area contributed by atoms with Crippen molar-refractivity contribution in [2.45, 2.75) is 19.8 Å². The second-order valence-corrected chi connectivity index (χ2v) is 5.11. The van der Waals surface area contributed by atoms with Crippen LogP contribution < -0.4 is 10.6 Å². The van der Waals surface area contributed by atoms with Crippen LogP contribution in [-0.2, 0) is 9.59 Å². The maximum absolute atomic E-state index is 11.8. The van der Waals surface area contributed by atoms with Crippen LogP contribution in [0, 0.1) is 6.92 Å². The van der Waals surface area contributed by atoms with Gasteiger partial charge in [0.05, 0.1) is 13.1 Å². The van der Waals surface area contributed by atoms with E-state index in [2.05, 4.69) is 10.6 Å². The summed E-state index contributed by atoms with van der Waals surface area (Å²) in [6.45, 7) is 4.05. The van der Waals surface area contributed by atoms with Crippen LogP contribution >= 0.6 is 0 Å². The number of nitrogens with one attached hydrogen (secondary N) is 2. The van der Waals surface area contributed by atoms with Crippen molar-refractivity contribution >= 4 is 17.5 Å². The van der Waals surface area contributed by atoms with Gasteiger partial charge < -0.3 is 10.2 Å². The van der Waals surface area contributed by atoms with E-state index in [-0.39, 0.29) is 24.9 Å². The van der Waals surface area contributed by atoms with Crippen molar-refractivity contribution in [3.05, 3.63) is 29.8 Å². The van der Waals surface area contributed by atoms with Crippen LogP contribution in [0.1, 0.15) is 18.4 Å². The van der Waals surface area contributed by atoms with Crippen LogP contribution in [0.25, 0.3) is 0 Å². The van der Waals surface area contributed by atoms with Crippen LogP contribution in [0.3, 0.4) is 0 Å². The van der Waals surface area contributed by atoms with E-state index in [1.54, 1.807) is 0 Å². The van der Waals surface area contributed by atoms with Crippen LogP contribution in [-0.4, -0.2) is 42.9 Å². The second-order valence-electron chi connectivity index (χ2n) is 5.11. The fourth-order valence-corrected chi connectivity index (χ4v) is 2.20. The molecule has 0 unspecified atom stereocenters. The Morgan fingerprint density at radius 2 is 1.75 bits per heavy atom. The summed E-state index contributed by atoms with van der Waals surface area (Å²) in [6.07, 6.45) is 2.17. The van der Waals surface area contributed by atoms with Gasteiger partial charge in [0.25, 0.3) is 0 Å². The van der Waals surface area contributed by atoms with Gasteiger partial charge in [0, 0.05) is 18.8 Å². The highest BCUT2D eigenvalue weighted by Crippen LogP contribution is 2.08. The smallest absolute Gasteiger partial charge is 0.238 e. The van der Waals surface area contributed by atoms with Gasteiger partial charge in [0.15, 0.2) is 0 Å². The molecule has 1 aromatic rings. The van der Waals surface area contributed by atoms with E-state index in [0.29, 0.717) is 0 Å². The summed E-state index contributed by atoms with van der Waals surface area (Å²) in [4.78, 5) is 25.3. The summed E-state index contributed by atoms with van der Waals surface area (Å²) in [5.74, 6) is -0.0614. The van der Waals surface area contributed by atoms with Gasteiger partial charge in [0.2, 0.25) is 11.8 Å². The van der Waals surface area contributed by atoms with Gasteiger partial charge in [0.1, 0.15) is 0 Å². The predicted octanol–water partition coefficient (Wildman–Crippen LogP) is 1.15. The summed E-state index contributed by atoms with van der Waals surface area (Å²) in [5, 5.41) is 5.68. The minimum Gasteiger partial charge on any atom is -0.342 e. The van der Waals surface area contributed by atoms with Gasteiger partial charge in [-0.3, -0.25) is 14.9 Å². The maximum atomic E-state index is 11.8. The molecule has 0 saturated carbocycles. The van der Waals surface area contributed by atoms with Crippen molar-refractivity contribution in [1.29, 1.82) is 0 Å². The van der Waals surface area contributed by atoms with E-state index < -0.39 is 0 Å². The van der Waals surface area contributed by atoms with Gasteiger partial charge in [-0.15, -0.1) is 0 Å². The van der Waals surface area contributed by atoms with Crippen LogP contribution in [0.2, 0.25) is 0 Å². The molecule has 0 radical (unpaired) electrons. The molecular formula is C15H21N3O2. The third kappa shape index (κ3) is 4.35. The zero-order chi connectivity index (χ0) is 14.4. The summed E-state index contributed by atoms with van der Waals surface area (Å²) < 4.78 is 0. The molecule has 5 nitrogen and oxygen atoms in total. The zero-order valence-corrected chi connectivity index (χ0v) is 11.8. The molecular weight excluding hydrogens is 254 g/mol. The molecule has 0 atom stereocenters. The average molecular weight is 275 g/mol. The Labute approximate surface area is 119 Å². The zero-order valence-electron chi connectivity index (χ0n) is 11.8. The van der Waals surface area contributed by atoms with Crippen LogP contribution in [0.5, 0.6) is 0 Å². The highest BCUT2D eigenvalue weighted by Gasteiger charge is 2.17. The van der Waals surface area contributed by atoms with Gasteiger partial charge in [-0.25, -0.2) is 0 Å². The monoisotopic (exact) mass is 275 g/mol. The Balaban J connectivity index is 1.67. The quantitative estimate of drug-likeness (QED) is 0.847. The second kappa shape index (κ2) is 7.05. The number of carbonyl (C=O) groups excluding carboxylic acids is 2. The van der Waals surface area contributed by atoms with Crippen LogP contribution in [0.4, 0.5) is 5.69 Å². The number of benzene rings is 1. The summed E-state index contributed by atoms with van der Waals surface area (Å²) in [5.41, 5.74) is 1.92. The topological polar surface area (TPSA) is 61.4 Å². The maximum Gasteiger partial charge on any atom is 0.238 e. The first kappa shape index (κ1) is 14.5. The first-order valence-corrected chi connectivity index (χ1v) is 7.00. The third-order valence-electron chi connectivity index (χ3n) is 3.36. The lowest BCUT2D eigenvalue weighted by atomic mass is 10.2. The lowest BCUT2D eigenvalue weighted by molar-refractivity contribution is -0.129. The van der Waals surface area contributed by atoms with Crippen molar-refractivity contribution in [1.82, 2.24) is 10.2 Å². The molecule has 2 rings (SSSR count). The van der Waals surface area contributed by atoms with Crippen molar-refractivity contribution in [2.75, 3.05) is 31.5 Å². The summed E-state index contributed by atoms with van der Waals surface area (Å²) >= 11 is 0. The molecule has 1 saturated heterocycles. The fraction of sp³-hybridized carbons (Fsp3) is 0.467. The number of aryl methyl sites for hydroxylation is 1. The number of anilines is 1. The normalized spacial score (nSPS) is 14.3. The van der Waals surface area contributed by atoms with Crippen molar-refractivity contribution in [3.63, 3.8) is 0 Å². The minimum absolute atomic E-state index is 0.0747. The van der Waals surface area contributed by atoms with E-state index in [0.717, 1.165) is 37.2 Å². The predicted molar refractivity (Wildman–Crippen MR) is 78.5 cm³/mol. The molecule has 0 bridgehead atoms. The molecule has 0 spiro atoms. The van der Waals surface area contributed by atoms with Crippen LogP contribution in [0.15, 0.2) is 24.3 Å². The number of hydrogen-bond donors (Lipinski definition) is 2. The van der Waals surface area contributed by atoms with E-state index in [1.807, 2.05) is 36.1 Å². The van der Waals surface area contributed by atoms with Gasteiger partial charge >= 0.3 is 0 Å². The SMILES string of the molecule is Cc1ccc(NC(=O)CNCC(=O)N2CCCC2)cc1. The molecule has 1 aromatic carbocycles. The first-order valence-electron chi connectivity index (χ1n) is 7.00. The van der Waals surface area contributed by atoms with Crippen molar-refractivity contribution < 1.29 is 9.59 Å². The molecule has 108 valence electrons. The number of likely N-dealkylation sites (tertiary alicyclic amines) is 1. The molecule has 0 aromatic heterocycles. The Hall–Kier alpha value is -1.88. The van der Waals surface area contributed by atoms with Gasteiger partial charge in [-0.2, -0.15) is 0 Å². The van der Waals surface area contributed by atoms with Crippen molar-refractivity contribution in [3.8, 4) is 0 Å². The summed E-state index contributed by atoms with van der Waals surface area (Å²) in [7, 11) is 0. The molecule has 1 aliphatic rings. The lowest BCUT2D eigenvalue weighted by Crippen LogP contribution is -2.39. The molecule has 5 heteroatoms. The molecule has 1 heterocycles. The van der Waals surface area contributed by atoms with E-state index in [4.69, 9.17) is 0 Å². The molecule has 1 fully saturated rings. The molecule has 1 aliphatic heterocycles. The highest BCUT2D eigenvalue weighted by molar-refractivity contribution is 5.92.